The Kier molecular flexibility index (Phi) is 4.88. The molecule has 122 valence electrons. The van der Waals surface area contributed by atoms with Crippen LogP contribution in [0, 0.1) is 10.2 Å². The van der Waals surface area contributed by atoms with Crippen molar-refractivity contribution < 1.29 is 28.5 Å². The van der Waals surface area contributed by atoms with Crippen molar-refractivity contribution in [2.75, 3.05) is 6.54 Å². The van der Waals surface area contributed by atoms with Gasteiger partial charge >= 0.3 is 0 Å². The molecule has 2 fully saturated rings. The summed E-state index contributed by atoms with van der Waals surface area (Å²) >= 11 is 12.6. The fraction of sp³-hybridized carbons (Fsp3) is 0.571. The van der Waals surface area contributed by atoms with Crippen molar-refractivity contribution in [1.29, 1.82) is 0 Å². The first-order valence-corrected chi connectivity index (χ1v) is 9.14. The molecule has 0 radical (unpaired) electrons. The molecule has 1 aromatic carbocycles. The zero-order valence-electron chi connectivity index (χ0n) is 11.7. The topological polar surface area (TPSA) is 81.6 Å². The van der Waals surface area contributed by atoms with Gasteiger partial charge in [0.15, 0.2) is 0 Å². The lowest BCUT2D eigenvalue weighted by atomic mass is 10.0. The molecule has 2 aliphatic heterocycles. The van der Waals surface area contributed by atoms with Crippen LogP contribution in [0.3, 0.4) is 0 Å². The molecule has 1 aromatic rings. The summed E-state index contributed by atoms with van der Waals surface area (Å²) in [4.78, 5) is 2.17. The molecule has 2 heterocycles. The molecular weight excluding hydrogens is 353 g/mol. The molecule has 3 rings (SSSR count). The van der Waals surface area contributed by atoms with E-state index in [-0.39, 0.29) is 12.1 Å². The third kappa shape index (κ3) is 3.37. The number of benzene rings is 1. The minimum absolute atomic E-state index is 0.0951. The summed E-state index contributed by atoms with van der Waals surface area (Å²) < 4.78 is 37.6. The van der Waals surface area contributed by atoms with E-state index in [1.807, 2.05) is 0 Å². The molecule has 2 aliphatic rings. The van der Waals surface area contributed by atoms with E-state index in [1.165, 1.54) is 0 Å². The van der Waals surface area contributed by atoms with Crippen LogP contribution in [0.1, 0.15) is 37.3 Å². The van der Waals surface area contributed by atoms with Crippen molar-refractivity contribution in [3.05, 3.63) is 33.8 Å². The second kappa shape index (κ2) is 6.42. The van der Waals surface area contributed by atoms with E-state index in [2.05, 4.69) is 4.90 Å². The lowest BCUT2D eigenvalue weighted by Gasteiger charge is -2.34. The fourth-order valence-electron chi connectivity index (χ4n) is 3.63. The van der Waals surface area contributed by atoms with Crippen LogP contribution < -0.4 is 14.0 Å². The lowest BCUT2D eigenvalue weighted by molar-refractivity contribution is -1.92. The molecule has 0 amide bonds. The number of hydrogen-bond acceptors (Lipinski definition) is 5. The average molecular weight is 369 g/mol. The third-order valence-electron chi connectivity index (χ3n) is 4.43. The van der Waals surface area contributed by atoms with E-state index in [0.29, 0.717) is 16.5 Å². The Labute approximate surface area is 141 Å². The van der Waals surface area contributed by atoms with Crippen LogP contribution in [0.5, 0.6) is 0 Å². The van der Waals surface area contributed by atoms with E-state index < -0.39 is 16.3 Å². The Morgan fingerprint density at radius 2 is 1.82 bits per heavy atom. The van der Waals surface area contributed by atoms with Gasteiger partial charge in [-0.2, -0.15) is 14.0 Å². The zero-order valence-corrected chi connectivity index (χ0v) is 14.0. The SMILES string of the molecule is [O-][Cl+3]([O-])([O-])OC1CC(c2c(Cl)cccc2Cl)N2CCCCC12. The molecule has 0 aliphatic carbocycles. The van der Waals surface area contributed by atoms with E-state index in [1.54, 1.807) is 18.2 Å². The van der Waals surface area contributed by atoms with E-state index in [9.17, 15) is 14.0 Å². The Bertz CT molecular complexity index is 531. The van der Waals surface area contributed by atoms with Crippen molar-refractivity contribution in [2.24, 2.45) is 0 Å². The van der Waals surface area contributed by atoms with Gasteiger partial charge in [-0.3, -0.25) is 4.90 Å². The van der Waals surface area contributed by atoms with Crippen molar-refractivity contribution in [2.45, 2.75) is 43.9 Å². The summed E-state index contributed by atoms with van der Waals surface area (Å²) in [6, 6.07) is 5.07. The van der Waals surface area contributed by atoms with Gasteiger partial charge in [0.2, 0.25) is 6.10 Å². The number of hydrogen-bond donors (Lipinski definition) is 0. The first-order chi connectivity index (χ1) is 10.4. The Morgan fingerprint density at radius 3 is 2.45 bits per heavy atom. The van der Waals surface area contributed by atoms with Gasteiger partial charge in [0.25, 0.3) is 0 Å². The molecule has 3 unspecified atom stereocenters. The largest absolute Gasteiger partial charge is 0.290 e. The van der Waals surface area contributed by atoms with Gasteiger partial charge in [0.1, 0.15) is 0 Å². The lowest BCUT2D eigenvalue weighted by Crippen LogP contribution is -2.63. The minimum atomic E-state index is -4.44. The van der Waals surface area contributed by atoms with Gasteiger partial charge in [-0.15, -0.1) is 0 Å². The fourth-order valence-corrected chi connectivity index (χ4v) is 4.75. The van der Waals surface area contributed by atoms with Crippen molar-refractivity contribution in [3.8, 4) is 0 Å². The first-order valence-electron chi connectivity index (χ1n) is 7.15. The highest BCUT2D eigenvalue weighted by molar-refractivity contribution is 6.36. The van der Waals surface area contributed by atoms with Gasteiger partial charge in [-0.05, 0) is 31.5 Å². The summed E-state index contributed by atoms with van der Waals surface area (Å²) in [6.45, 7) is 0.812. The summed E-state index contributed by atoms with van der Waals surface area (Å²) in [7, 11) is -4.44. The quantitative estimate of drug-likeness (QED) is 0.779. The van der Waals surface area contributed by atoms with E-state index in [4.69, 9.17) is 27.5 Å². The van der Waals surface area contributed by atoms with Crippen molar-refractivity contribution >= 4 is 23.2 Å². The van der Waals surface area contributed by atoms with Crippen molar-refractivity contribution in [3.63, 3.8) is 0 Å². The van der Waals surface area contributed by atoms with Gasteiger partial charge in [-0.1, -0.05) is 35.7 Å². The third-order valence-corrected chi connectivity index (χ3v) is 5.54. The van der Waals surface area contributed by atoms with Gasteiger partial charge in [0.05, 0.1) is 20.6 Å². The van der Waals surface area contributed by atoms with Gasteiger partial charge < -0.3 is 0 Å². The number of fused-ring (bicyclic) bond motifs is 1. The highest BCUT2D eigenvalue weighted by Gasteiger charge is 2.50. The summed E-state index contributed by atoms with van der Waals surface area (Å²) in [5.41, 5.74) is 0.781. The number of piperidine rings is 1. The van der Waals surface area contributed by atoms with Crippen LogP contribution in [-0.4, -0.2) is 23.6 Å². The summed E-state index contributed by atoms with van der Waals surface area (Å²) in [5, 5.41) is 1.09. The molecule has 2 saturated heterocycles. The maximum absolute atomic E-state index is 11.0. The summed E-state index contributed by atoms with van der Waals surface area (Å²) in [5.74, 6) is 0. The average Bonchev–Trinajstić information content (AvgIpc) is 2.76. The number of halogens is 3. The Morgan fingerprint density at radius 1 is 1.14 bits per heavy atom. The number of nitrogens with zero attached hydrogens (tertiary/aromatic N) is 1. The molecular formula is C14H16Cl3NO4. The zero-order chi connectivity index (χ0) is 15.9. The molecule has 0 bridgehead atoms. The molecule has 8 heteroatoms. The minimum Gasteiger partial charge on any atom is -0.290 e. The molecule has 0 saturated carbocycles. The van der Waals surface area contributed by atoms with Crippen LogP contribution in [0.25, 0.3) is 0 Å². The van der Waals surface area contributed by atoms with Gasteiger partial charge in [0, 0.05) is 28.1 Å². The Balaban J connectivity index is 1.91. The van der Waals surface area contributed by atoms with Crippen LogP contribution in [0.15, 0.2) is 18.2 Å². The molecule has 3 atom stereocenters. The van der Waals surface area contributed by atoms with Crippen LogP contribution in [0.4, 0.5) is 0 Å². The summed E-state index contributed by atoms with van der Waals surface area (Å²) in [6.07, 6.45) is 2.54. The second-order valence-electron chi connectivity index (χ2n) is 5.69. The first kappa shape index (κ1) is 16.7. The van der Waals surface area contributed by atoms with Crippen LogP contribution in [-0.2, 0) is 4.29 Å². The van der Waals surface area contributed by atoms with Gasteiger partial charge in [-0.25, -0.2) is 0 Å². The standard InChI is InChI=1S/C14H16Cl3NO4/c15-9-4-3-5-10(16)14(9)12-8-13(22-17(19,20)21)11-6-1-2-7-18(11)12/h3-5,11-13H,1-2,6-8H2. The monoisotopic (exact) mass is 367 g/mol. The maximum atomic E-state index is 11.0. The van der Waals surface area contributed by atoms with Crippen molar-refractivity contribution in [1.82, 2.24) is 4.90 Å². The Hall–Kier alpha value is -0.110. The second-order valence-corrected chi connectivity index (χ2v) is 7.44. The molecule has 22 heavy (non-hydrogen) atoms. The highest BCUT2D eigenvalue weighted by atomic mass is 35.7. The molecule has 5 nitrogen and oxygen atoms in total. The van der Waals surface area contributed by atoms with E-state index in [0.717, 1.165) is 31.4 Å². The normalized spacial score (nSPS) is 29.6. The highest BCUT2D eigenvalue weighted by Crippen LogP contribution is 2.46. The van der Waals surface area contributed by atoms with Crippen LogP contribution in [0.2, 0.25) is 10.0 Å². The van der Waals surface area contributed by atoms with E-state index >= 15 is 0 Å². The predicted octanol–water partition coefficient (Wildman–Crippen LogP) is 0.575. The predicted molar refractivity (Wildman–Crippen MR) is 73.0 cm³/mol. The number of rotatable bonds is 3. The molecule has 0 spiro atoms. The maximum Gasteiger partial charge on any atom is 0.231 e. The molecule has 0 aromatic heterocycles. The molecule has 0 N–H and O–H groups in total. The van der Waals surface area contributed by atoms with Crippen LogP contribution >= 0.6 is 23.2 Å². The smallest absolute Gasteiger partial charge is 0.231 e.